The number of aryl methyl sites for hydroxylation is 1. The smallest absolute Gasteiger partial charge is 0.126 e. The van der Waals surface area contributed by atoms with Crippen LogP contribution in [0, 0.1) is 0 Å². The van der Waals surface area contributed by atoms with Gasteiger partial charge in [-0.3, -0.25) is 0 Å². The minimum Gasteiger partial charge on any atom is -0.490 e. The maximum atomic E-state index is 6.19. The second-order valence-corrected chi connectivity index (χ2v) is 6.31. The van der Waals surface area contributed by atoms with Crippen molar-refractivity contribution in [3.05, 3.63) is 29.3 Å². The van der Waals surface area contributed by atoms with E-state index in [1.807, 2.05) is 0 Å². The van der Waals surface area contributed by atoms with Crippen LogP contribution in [-0.4, -0.2) is 12.6 Å². The lowest BCUT2D eigenvalue weighted by Crippen LogP contribution is -2.38. The zero-order valence-corrected chi connectivity index (χ0v) is 12.0. The zero-order valence-electron chi connectivity index (χ0n) is 12.0. The summed E-state index contributed by atoms with van der Waals surface area (Å²) in [5.41, 5.74) is 9.12. The molecule has 0 saturated heterocycles. The van der Waals surface area contributed by atoms with Gasteiger partial charge in [-0.05, 0) is 38.2 Å². The molecule has 1 saturated carbocycles. The Kier molecular flexibility index (Phi) is 3.53. The molecule has 2 aliphatic rings. The summed E-state index contributed by atoms with van der Waals surface area (Å²) in [5, 5.41) is 0. The molecule has 0 bridgehead atoms. The molecule has 1 unspecified atom stereocenters. The summed E-state index contributed by atoms with van der Waals surface area (Å²) in [4.78, 5) is 0. The molecule has 1 aromatic carbocycles. The molecule has 1 heterocycles. The molecular formula is C17H25NO. The van der Waals surface area contributed by atoms with Crippen molar-refractivity contribution in [1.29, 1.82) is 0 Å². The second-order valence-electron chi connectivity index (χ2n) is 6.31. The summed E-state index contributed by atoms with van der Waals surface area (Å²) in [7, 11) is 0. The molecule has 1 fully saturated rings. The van der Waals surface area contributed by atoms with Crippen molar-refractivity contribution in [3.63, 3.8) is 0 Å². The third kappa shape index (κ3) is 2.27. The van der Waals surface area contributed by atoms with Crippen molar-refractivity contribution in [2.75, 3.05) is 6.54 Å². The van der Waals surface area contributed by atoms with Gasteiger partial charge in [0.05, 0.1) is 6.10 Å². The summed E-state index contributed by atoms with van der Waals surface area (Å²) in [6.07, 6.45) is 9.01. The van der Waals surface area contributed by atoms with E-state index in [1.165, 1.54) is 43.2 Å². The van der Waals surface area contributed by atoms with Crippen LogP contribution in [0.1, 0.15) is 56.6 Å². The van der Waals surface area contributed by atoms with Crippen molar-refractivity contribution in [3.8, 4) is 5.75 Å². The van der Waals surface area contributed by atoms with Gasteiger partial charge in [0.2, 0.25) is 0 Å². The third-order valence-corrected chi connectivity index (χ3v) is 5.01. The van der Waals surface area contributed by atoms with Crippen LogP contribution in [0.5, 0.6) is 5.75 Å². The molecule has 19 heavy (non-hydrogen) atoms. The number of hydrogen-bond donors (Lipinski definition) is 1. The molecule has 1 aliphatic carbocycles. The van der Waals surface area contributed by atoms with E-state index in [0.717, 1.165) is 25.1 Å². The Labute approximate surface area is 116 Å². The maximum absolute atomic E-state index is 6.19. The molecule has 2 nitrogen and oxygen atoms in total. The fourth-order valence-electron chi connectivity index (χ4n) is 3.77. The molecule has 2 N–H and O–H groups in total. The number of ether oxygens (including phenoxy) is 1. The molecule has 0 aromatic heterocycles. The molecule has 104 valence electrons. The Morgan fingerprint density at radius 1 is 1.26 bits per heavy atom. The quantitative estimate of drug-likeness (QED) is 0.881. The molecular weight excluding hydrogens is 234 g/mol. The first kappa shape index (κ1) is 13.0. The van der Waals surface area contributed by atoms with E-state index in [4.69, 9.17) is 10.5 Å². The monoisotopic (exact) mass is 259 g/mol. The van der Waals surface area contributed by atoms with Gasteiger partial charge in [-0.15, -0.1) is 0 Å². The third-order valence-electron chi connectivity index (χ3n) is 5.01. The van der Waals surface area contributed by atoms with Gasteiger partial charge in [-0.1, -0.05) is 37.5 Å². The summed E-state index contributed by atoms with van der Waals surface area (Å²) in [6, 6.07) is 6.67. The maximum Gasteiger partial charge on any atom is 0.126 e. The van der Waals surface area contributed by atoms with E-state index in [1.54, 1.807) is 0 Å². The normalized spacial score (nSPS) is 25.5. The Morgan fingerprint density at radius 2 is 2.05 bits per heavy atom. The van der Waals surface area contributed by atoms with Gasteiger partial charge in [-0.25, -0.2) is 0 Å². The van der Waals surface area contributed by atoms with Gasteiger partial charge < -0.3 is 10.5 Å². The first-order valence-electron chi connectivity index (χ1n) is 7.74. The van der Waals surface area contributed by atoms with Gasteiger partial charge in [0, 0.05) is 17.5 Å². The fourth-order valence-corrected chi connectivity index (χ4v) is 3.77. The van der Waals surface area contributed by atoms with E-state index in [9.17, 15) is 0 Å². The molecule has 1 aromatic rings. The van der Waals surface area contributed by atoms with Crippen LogP contribution in [0.15, 0.2) is 18.2 Å². The topological polar surface area (TPSA) is 35.2 Å². The molecule has 0 radical (unpaired) electrons. The first-order valence-corrected chi connectivity index (χ1v) is 7.74. The van der Waals surface area contributed by atoms with E-state index in [-0.39, 0.29) is 5.41 Å². The van der Waals surface area contributed by atoms with Gasteiger partial charge in [-0.2, -0.15) is 0 Å². The van der Waals surface area contributed by atoms with E-state index in [0.29, 0.717) is 6.10 Å². The number of para-hydroxylation sites is 1. The Balaban J connectivity index is 2.04. The van der Waals surface area contributed by atoms with Crippen LogP contribution in [-0.2, 0) is 11.8 Å². The highest BCUT2D eigenvalue weighted by Gasteiger charge is 2.36. The molecule has 0 amide bonds. The summed E-state index contributed by atoms with van der Waals surface area (Å²) < 4.78 is 6.19. The highest BCUT2D eigenvalue weighted by Crippen LogP contribution is 2.45. The summed E-state index contributed by atoms with van der Waals surface area (Å²) in [5.74, 6) is 1.16. The zero-order chi connectivity index (χ0) is 13.3. The summed E-state index contributed by atoms with van der Waals surface area (Å²) >= 11 is 0. The molecule has 1 atom stereocenters. The van der Waals surface area contributed by atoms with E-state index < -0.39 is 0 Å². The van der Waals surface area contributed by atoms with Gasteiger partial charge in [0.25, 0.3) is 0 Å². The van der Waals surface area contributed by atoms with Crippen molar-refractivity contribution in [2.45, 2.75) is 63.4 Å². The number of rotatable bonds is 2. The lowest BCUT2D eigenvalue weighted by Gasteiger charge is -2.39. The lowest BCUT2D eigenvalue weighted by atomic mass is 9.68. The molecule has 3 rings (SSSR count). The predicted molar refractivity (Wildman–Crippen MR) is 78.7 cm³/mol. The van der Waals surface area contributed by atoms with Gasteiger partial charge >= 0.3 is 0 Å². The number of nitrogens with two attached hydrogens (primary N) is 1. The van der Waals surface area contributed by atoms with Gasteiger partial charge in [0.15, 0.2) is 0 Å². The Bertz CT molecular complexity index is 449. The summed E-state index contributed by atoms with van der Waals surface area (Å²) in [6.45, 7) is 2.93. The average Bonchev–Trinajstić information content (AvgIpc) is 2.47. The largest absolute Gasteiger partial charge is 0.490 e. The van der Waals surface area contributed by atoms with Crippen LogP contribution in [0.4, 0.5) is 0 Å². The van der Waals surface area contributed by atoms with Crippen LogP contribution in [0.3, 0.4) is 0 Å². The number of hydrogen-bond acceptors (Lipinski definition) is 2. The van der Waals surface area contributed by atoms with Crippen LogP contribution < -0.4 is 10.5 Å². The second kappa shape index (κ2) is 5.16. The number of fused-ring (bicyclic) bond motifs is 1. The minimum absolute atomic E-state index is 0.167. The highest BCUT2D eigenvalue weighted by molar-refractivity contribution is 5.47. The van der Waals surface area contributed by atoms with Crippen molar-refractivity contribution in [2.24, 2.45) is 5.73 Å². The molecule has 2 heteroatoms. The first-order chi connectivity index (χ1) is 9.25. The predicted octanol–water partition coefficient (Wildman–Crippen LogP) is 3.56. The van der Waals surface area contributed by atoms with E-state index in [2.05, 4.69) is 25.1 Å². The van der Waals surface area contributed by atoms with Crippen molar-refractivity contribution in [1.82, 2.24) is 0 Å². The Morgan fingerprint density at radius 3 is 2.79 bits per heavy atom. The highest BCUT2D eigenvalue weighted by atomic mass is 16.5. The van der Waals surface area contributed by atoms with Crippen LogP contribution in [0.25, 0.3) is 0 Å². The standard InChI is InChI=1S/C17H25NO/c1-13-8-9-14-6-5-7-15(16(14)19-13)17(12-18)10-3-2-4-11-17/h5-7,13H,2-4,8-12,18H2,1H3. The average molecular weight is 259 g/mol. The van der Waals surface area contributed by atoms with Gasteiger partial charge in [0.1, 0.15) is 5.75 Å². The SMILES string of the molecule is CC1CCc2cccc(C3(CN)CCCCC3)c2O1. The van der Waals surface area contributed by atoms with E-state index >= 15 is 0 Å². The minimum atomic E-state index is 0.167. The van der Waals surface area contributed by atoms with Crippen molar-refractivity contribution >= 4 is 0 Å². The van der Waals surface area contributed by atoms with Crippen LogP contribution >= 0.6 is 0 Å². The Hall–Kier alpha value is -1.02. The number of benzene rings is 1. The fraction of sp³-hybridized carbons (Fsp3) is 0.647. The van der Waals surface area contributed by atoms with Crippen LogP contribution in [0.2, 0.25) is 0 Å². The van der Waals surface area contributed by atoms with Crippen molar-refractivity contribution < 1.29 is 4.74 Å². The lowest BCUT2D eigenvalue weighted by molar-refractivity contribution is 0.182. The molecule has 0 spiro atoms. The molecule has 1 aliphatic heterocycles.